The number of nitrogens with one attached hydrogen (secondary N) is 1. The van der Waals surface area contributed by atoms with Crippen LogP contribution in [0.15, 0.2) is 0 Å². The maximum Gasteiger partial charge on any atom is 0.268 e. The van der Waals surface area contributed by atoms with Crippen LogP contribution in [0.4, 0.5) is 8.78 Å². The van der Waals surface area contributed by atoms with Gasteiger partial charge >= 0.3 is 0 Å². The molecule has 3 atom stereocenters. The molecule has 1 heterocycles. The smallest absolute Gasteiger partial charge is 0.268 e. The molecule has 0 amide bonds. The van der Waals surface area contributed by atoms with Gasteiger partial charge in [-0.3, -0.25) is 0 Å². The maximum atomic E-state index is 12.7. The van der Waals surface area contributed by atoms with Gasteiger partial charge in [0.2, 0.25) is 0 Å². The Morgan fingerprint density at radius 2 is 2.18 bits per heavy atom. The summed E-state index contributed by atoms with van der Waals surface area (Å²) in [6, 6.07) is -0.752. The molecular formula is C7H11F2NO. The number of fused-ring (bicyclic) bond motifs is 1. The molecule has 0 radical (unpaired) electrons. The molecule has 1 saturated carbocycles. The highest BCUT2D eigenvalue weighted by atomic mass is 19.3. The highest BCUT2D eigenvalue weighted by molar-refractivity contribution is 5.14. The Labute approximate surface area is 63.6 Å². The fraction of sp³-hybridized carbons (Fsp3) is 1.00. The number of halogens is 2. The molecular weight excluding hydrogens is 152 g/mol. The summed E-state index contributed by atoms with van der Waals surface area (Å²) >= 11 is 0. The molecule has 2 fully saturated rings. The second-order valence-corrected chi connectivity index (χ2v) is 3.38. The lowest BCUT2D eigenvalue weighted by Crippen LogP contribution is -2.39. The quantitative estimate of drug-likeness (QED) is 0.585. The van der Waals surface area contributed by atoms with E-state index in [1.165, 1.54) is 0 Å². The third-order valence-corrected chi connectivity index (χ3v) is 2.66. The van der Waals surface area contributed by atoms with E-state index in [1.54, 1.807) is 0 Å². The van der Waals surface area contributed by atoms with Gasteiger partial charge < -0.3 is 10.4 Å². The van der Waals surface area contributed by atoms with Gasteiger partial charge in [-0.15, -0.1) is 0 Å². The number of alkyl halides is 2. The second-order valence-electron chi connectivity index (χ2n) is 3.38. The van der Waals surface area contributed by atoms with E-state index in [2.05, 4.69) is 5.32 Å². The van der Waals surface area contributed by atoms with Gasteiger partial charge in [-0.2, -0.15) is 0 Å². The average Bonchev–Trinajstić information content (AvgIpc) is 2.55. The fourth-order valence-corrected chi connectivity index (χ4v) is 1.84. The molecule has 2 rings (SSSR count). The van der Waals surface area contributed by atoms with Crippen molar-refractivity contribution >= 4 is 0 Å². The van der Waals surface area contributed by atoms with Crippen LogP contribution in [0.5, 0.6) is 0 Å². The first-order valence-corrected chi connectivity index (χ1v) is 3.91. The lowest BCUT2D eigenvalue weighted by atomic mass is 10.1. The highest BCUT2D eigenvalue weighted by Gasteiger charge is 2.69. The maximum absolute atomic E-state index is 12.7. The van der Waals surface area contributed by atoms with Crippen LogP contribution in [0.1, 0.15) is 12.8 Å². The number of rotatable bonds is 1. The Hall–Kier alpha value is -0.220. The Morgan fingerprint density at radius 3 is 2.73 bits per heavy atom. The Morgan fingerprint density at radius 1 is 1.45 bits per heavy atom. The molecule has 2 nitrogen and oxygen atoms in total. The number of piperidine rings is 1. The summed E-state index contributed by atoms with van der Waals surface area (Å²) in [5.74, 6) is -2.95. The monoisotopic (exact) mass is 163 g/mol. The summed E-state index contributed by atoms with van der Waals surface area (Å²) in [6.07, 6.45) is 1.23. The number of aliphatic hydroxyl groups excluding tert-OH is 1. The van der Waals surface area contributed by atoms with Crippen LogP contribution < -0.4 is 5.32 Å². The molecule has 64 valence electrons. The van der Waals surface area contributed by atoms with Gasteiger partial charge in [-0.1, -0.05) is 0 Å². The van der Waals surface area contributed by atoms with Gasteiger partial charge in [-0.05, 0) is 12.8 Å². The minimum atomic E-state index is -2.50. The molecule has 4 heteroatoms. The number of hydrogen-bond donors (Lipinski definition) is 2. The van der Waals surface area contributed by atoms with E-state index in [0.29, 0.717) is 12.8 Å². The predicted octanol–water partition coefficient (Wildman–Crippen LogP) is 0.364. The molecule has 0 aromatic heterocycles. The van der Waals surface area contributed by atoms with Crippen LogP contribution in [-0.4, -0.2) is 29.7 Å². The zero-order valence-corrected chi connectivity index (χ0v) is 6.06. The van der Waals surface area contributed by atoms with Crippen molar-refractivity contribution in [3.8, 4) is 0 Å². The first kappa shape index (κ1) is 7.43. The molecule has 0 bridgehead atoms. The van der Waals surface area contributed by atoms with Gasteiger partial charge in [0.25, 0.3) is 5.92 Å². The summed E-state index contributed by atoms with van der Waals surface area (Å²) in [5, 5.41) is 11.4. The van der Waals surface area contributed by atoms with Gasteiger partial charge in [0, 0.05) is 12.0 Å². The van der Waals surface area contributed by atoms with Gasteiger partial charge in [0.1, 0.15) is 0 Å². The van der Waals surface area contributed by atoms with Gasteiger partial charge in [0.05, 0.1) is 12.6 Å². The van der Waals surface area contributed by atoms with Crippen LogP contribution in [-0.2, 0) is 0 Å². The van der Waals surface area contributed by atoms with Gasteiger partial charge in [-0.25, -0.2) is 8.78 Å². The van der Waals surface area contributed by atoms with Crippen molar-refractivity contribution in [3.63, 3.8) is 0 Å². The molecule has 1 aliphatic heterocycles. The second kappa shape index (κ2) is 2.14. The zero-order chi connectivity index (χ0) is 8.06. The SMILES string of the molecule is OC[C@@H]1CC[C@@H]2[C@H](N1)C2(F)F. The molecule has 0 aromatic carbocycles. The van der Waals surface area contributed by atoms with Crippen molar-refractivity contribution in [2.75, 3.05) is 6.61 Å². The minimum absolute atomic E-state index is 0.0285. The van der Waals surface area contributed by atoms with E-state index in [4.69, 9.17) is 5.11 Å². The van der Waals surface area contributed by atoms with Crippen LogP contribution >= 0.6 is 0 Å². The van der Waals surface area contributed by atoms with Crippen LogP contribution in [0, 0.1) is 5.92 Å². The summed E-state index contributed by atoms with van der Waals surface area (Å²) in [4.78, 5) is 0. The number of hydrogen-bond acceptors (Lipinski definition) is 2. The molecule has 0 unspecified atom stereocenters. The van der Waals surface area contributed by atoms with Crippen molar-refractivity contribution in [3.05, 3.63) is 0 Å². The Balaban J connectivity index is 1.97. The molecule has 1 saturated heterocycles. The van der Waals surface area contributed by atoms with E-state index >= 15 is 0 Å². The topological polar surface area (TPSA) is 32.3 Å². The summed E-state index contributed by atoms with van der Waals surface area (Å²) in [5.41, 5.74) is 0. The van der Waals surface area contributed by atoms with Crippen molar-refractivity contribution in [2.45, 2.75) is 30.8 Å². The van der Waals surface area contributed by atoms with E-state index in [-0.39, 0.29) is 12.6 Å². The van der Waals surface area contributed by atoms with Crippen molar-refractivity contribution in [1.82, 2.24) is 5.32 Å². The minimum Gasteiger partial charge on any atom is -0.395 e. The summed E-state index contributed by atoms with van der Waals surface area (Å²) < 4.78 is 25.3. The fourth-order valence-electron chi connectivity index (χ4n) is 1.84. The van der Waals surface area contributed by atoms with Crippen molar-refractivity contribution in [1.29, 1.82) is 0 Å². The third kappa shape index (κ3) is 0.964. The molecule has 11 heavy (non-hydrogen) atoms. The summed E-state index contributed by atoms with van der Waals surface area (Å²) in [6.45, 7) is -0.0285. The average molecular weight is 163 g/mol. The molecule has 0 aromatic rings. The van der Waals surface area contributed by atoms with Crippen molar-refractivity contribution in [2.24, 2.45) is 5.92 Å². The number of aliphatic hydroxyl groups is 1. The first-order valence-electron chi connectivity index (χ1n) is 3.91. The van der Waals surface area contributed by atoms with E-state index < -0.39 is 17.9 Å². The molecule has 0 spiro atoms. The third-order valence-electron chi connectivity index (χ3n) is 2.66. The van der Waals surface area contributed by atoms with Crippen molar-refractivity contribution < 1.29 is 13.9 Å². The Bertz CT molecular complexity index is 174. The van der Waals surface area contributed by atoms with Gasteiger partial charge in [0.15, 0.2) is 0 Å². The lowest BCUT2D eigenvalue weighted by molar-refractivity contribution is 0.0912. The highest BCUT2D eigenvalue weighted by Crippen LogP contribution is 2.53. The lowest BCUT2D eigenvalue weighted by Gasteiger charge is -2.18. The van der Waals surface area contributed by atoms with Crippen LogP contribution in [0.3, 0.4) is 0 Å². The van der Waals surface area contributed by atoms with Crippen LogP contribution in [0.2, 0.25) is 0 Å². The molecule has 2 aliphatic rings. The Kier molecular flexibility index (Phi) is 1.44. The largest absolute Gasteiger partial charge is 0.395 e. The summed E-state index contributed by atoms with van der Waals surface area (Å²) in [7, 11) is 0. The standard InChI is InChI=1S/C7H11F2NO/c8-7(9)5-2-1-4(3-11)10-6(5)7/h4-6,10-11H,1-3H2/t4-,5+,6-/m0/s1. The first-order chi connectivity index (χ1) is 5.16. The molecule has 2 N–H and O–H groups in total. The van der Waals surface area contributed by atoms with E-state index in [9.17, 15) is 8.78 Å². The zero-order valence-electron chi connectivity index (χ0n) is 6.06. The predicted molar refractivity (Wildman–Crippen MR) is 35.5 cm³/mol. The van der Waals surface area contributed by atoms with E-state index in [1.807, 2.05) is 0 Å². The van der Waals surface area contributed by atoms with E-state index in [0.717, 1.165) is 0 Å². The normalized spacial score (nSPS) is 46.6. The molecule has 1 aliphatic carbocycles. The van der Waals surface area contributed by atoms with Crippen LogP contribution in [0.25, 0.3) is 0 Å².